The van der Waals surface area contributed by atoms with E-state index in [-0.39, 0.29) is 5.54 Å². The van der Waals surface area contributed by atoms with E-state index < -0.39 is 0 Å². The summed E-state index contributed by atoms with van der Waals surface area (Å²) in [5.41, 5.74) is 2.64. The van der Waals surface area contributed by atoms with Crippen LogP contribution in [0.3, 0.4) is 0 Å². The maximum Gasteiger partial charge on any atom is 0.129 e. The van der Waals surface area contributed by atoms with Crippen LogP contribution >= 0.6 is 0 Å². The van der Waals surface area contributed by atoms with E-state index >= 15 is 0 Å². The summed E-state index contributed by atoms with van der Waals surface area (Å²) < 4.78 is 0. The van der Waals surface area contributed by atoms with E-state index in [9.17, 15) is 0 Å². The molecular formula is C18H33N3. The SMILES string of the molecule is CCc1cc(CNC(C)(C)C)cc(N(CC)C(C)CC)n1. The van der Waals surface area contributed by atoms with Gasteiger partial charge in [0.05, 0.1) is 0 Å². The molecule has 1 aromatic rings. The summed E-state index contributed by atoms with van der Waals surface area (Å²) in [6, 6.07) is 5.00. The maximum atomic E-state index is 4.83. The third-order valence-corrected chi connectivity index (χ3v) is 3.87. The summed E-state index contributed by atoms with van der Waals surface area (Å²) in [5, 5.41) is 3.57. The Morgan fingerprint density at radius 3 is 2.33 bits per heavy atom. The van der Waals surface area contributed by atoms with Crippen LogP contribution in [0.25, 0.3) is 0 Å². The lowest BCUT2D eigenvalue weighted by Crippen LogP contribution is -2.36. The van der Waals surface area contributed by atoms with E-state index in [1.54, 1.807) is 0 Å². The average Bonchev–Trinajstić information content (AvgIpc) is 2.44. The molecule has 0 amide bonds. The van der Waals surface area contributed by atoms with Gasteiger partial charge in [-0.1, -0.05) is 13.8 Å². The summed E-state index contributed by atoms with van der Waals surface area (Å²) in [5.74, 6) is 1.12. The van der Waals surface area contributed by atoms with Gasteiger partial charge < -0.3 is 10.2 Å². The molecule has 1 rings (SSSR count). The van der Waals surface area contributed by atoms with Crippen molar-refractivity contribution in [1.29, 1.82) is 0 Å². The Hall–Kier alpha value is -1.09. The Morgan fingerprint density at radius 2 is 1.86 bits per heavy atom. The van der Waals surface area contributed by atoms with Crippen LogP contribution in [0.1, 0.15) is 66.1 Å². The third kappa shape index (κ3) is 5.66. The van der Waals surface area contributed by atoms with Crippen LogP contribution in [0.2, 0.25) is 0 Å². The Bertz CT molecular complexity index is 435. The van der Waals surface area contributed by atoms with Crippen molar-refractivity contribution in [2.75, 3.05) is 11.4 Å². The Balaban J connectivity index is 3.03. The smallest absolute Gasteiger partial charge is 0.129 e. The van der Waals surface area contributed by atoms with Crippen LogP contribution < -0.4 is 10.2 Å². The van der Waals surface area contributed by atoms with Gasteiger partial charge in [0.2, 0.25) is 0 Å². The first-order valence-electron chi connectivity index (χ1n) is 8.32. The summed E-state index contributed by atoms with van der Waals surface area (Å²) >= 11 is 0. The molecular weight excluding hydrogens is 258 g/mol. The Labute approximate surface area is 131 Å². The minimum Gasteiger partial charge on any atom is -0.354 e. The second kappa shape index (κ2) is 7.79. The van der Waals surface area contributed by atoms with Crippen molar-refractivity contribution in [2.24, 2.45) is 0 Å². The molecule has 3 nitrogen and oxygen atoms in total. The average molecular weight is 291 g/mol. The van der Waals surface area contributed by atoms with Crippen molar-refractivity contribution in [3.63, 3.8) is 0 Å². The number of aryl methyl sites for hydroxylation is 1. The Kier molecular flexibility index (Phi) is 6.66. The monoisotopic (exact) mass is 291 g/mol. The topological polar surface area (TPSA) is 28.2 Å². The highest BCUT2D eigenvalue weighted by molar-refractivity contribution is 5.43. The van der Waals surface area contributed by atoms with Gasteiger partial charge in [-0.2, -0.15) is 0 Å². The molecule has 3 heteroatoms. The van der Waals surface area contributed by atoms with Crippen molar-refractivity contribution < 1.29 is 0 Å². The highest BCUT2D eigenvalue weighted by atomic mass is 15.2. The molecule has 120 valence electrons. The second-order valence-electron chi connectivity index (χ2n) is 6.83. The fourth-order valence-electron chi connectivity index (χ4n) is 2.35. The third-order valence-electron chi connectivity index (χ3n) is 3.87. The number of rotatable bonds is 7. The fourth-order valence-corrected chi connectivity index (χ4v) is 2.35. The normalized spacial score (nSPS) is 13.3. The lowest BCUT2D eigenvalue weighted by atomic mass is 10.1. The van der Waals surface area contributed by atoms with Crippen LogP contribution in [0.15, 0.2) is 12.1 Å². The van der Waals surface area contributed by atoms with E-state index in [1.165, 1.54) is 11.3 Å². The molecule has 0 saturated carbocycles. The van der Waals surface area contributed by atoms with Gasteiger partial charge in [-0.05, 0) is 65.2 Å². The van der Waals surface area contributed by atoms with Crippen LogP contribution in [0.5, 0.6) is 0 Å². The first-order chi connectivity index (χ1) is 9.80. The van der Waals surface area contributed by atoms with Gasteiger partial charge in [0.15, 0.2) is 0 Å². The van der Waals surface area contributed by atoms with Gasteiger partial charge >= 0.3 is 0 Å². The van der Waals surface area contributed by atoms with Gasteiger partial charge in [-0.25, -0.2) is 4.98 Å². The molecule has 0 fully saturated rings. The molecule has 1 N–H and O–H groups in total. The zero-order valence-electron chi connectivity index (χ0n) is 15.0. The molecule has 1 unspecified atom stereocenters. The van der Waals surface area contributed by atoms with Crippen LogP contribution in [0.4, 0.5) is 5.82 Å². The standard InChI is InChI=1S/C18H33N3/c1-8-14(4)21(10-3)17-12-15(11-16(9-2)20-17)13-19-18(5,6)7/h11-12,14,19H,8-10,13H2,1-7H3. The molecule has 0 bridgehead atoms. The molecule has 0 radical (unpaired) electrons. The van der Waals surface area contributed by atoms with E-state index in [1.807, 2.05) is 0 Å². The van der Waals surface area contributed by atoms with Crippen molar-refractivity contribution in [3.8, 4) is 0 Å². The highest BCUT2D eigenvalue weighted by Crippen LogP contribution is 2.19. The van der Waals surface area contributed by atoms with Crippen molar-refractivity contribution in [1.82, 2.24) is 10.3 Å². The number of pyridine rings is 1. The first-order valence-corrected chi connectivity index (χ1v) is 8.32. The summed E-state index contributed by atoms with van der Waals surface area (Å²) in [6.07, 6.45) is 2.12. The minimum absolute atomic E-state index is 0.136. The highest BCUT2D eigenvalue weighted by Gasteiger charge is 2.15. The number of hydrogen-bond acceptors (Lipinski definition) is 3. The number of aromatic nitrogens is 1. The molecule has 0 aliphatic rings. The van der Waals surface area contributed by atoms with Gasteiger partial charge in [0.1, 0.15) is 5.82 Å². The molecule has 0 spiro atoms. The summed E-state index contributed by atoms with van der Waals surface area (Å²) in [6.45, 7) is 17.4. The lowest BCUT2D eigenvalue weighted by molar-refractivity contribution is 0.424. The van der Waals surface area contributed by atoms with Crippen molar-refractivity contribution in [3.05, 3.63) is 23.4 Å². The van der Waals surface area contributed by atoms with E-state index in [0.717, 1.165) is 31.7 Å². The van der Waals surface area contributed by atoms with E-state index in [4.69, 9.17) is 4.98 Å². The quantitative estimate of drug-likeness (QED) is 0.817. The van der Waals surface area contributed by atoms with Crippen LogP contribution in [-0.2, 0) is 13.0 Å². The predicted molar refractivity (Wildman–Crippen MR) is 93.0 cm³/mol. The number of anilines is 1. The van der Waals surface area contributed by atoms with Gasteiger partial charge in [-0.3, -0.25) is 0 Å². The lowest BCUT2D eigenvalue weighted by Gasteiger charge is -2.29. The van der Waals surface area contributed by atoms with Crippen molar-refractivity contribution >= 4 is 5.82 Å². The van der Waals surface area contributed by atoms with E-state index in [2.05, 4.69) is 70.8 Å². The summed E-state index contributed by atoms with van der Waals surface area (Å²) in [7, 11) is 0. The molecule has 0 aromatic carbocycles. The largest absolute Gasteiger partial charge is 0.354 e. The van der Waals surface area contributed by atoms with Gasteiger partial charge in [0.25, 0.3) is 0 Å². The van der Waals surface area contributed by atoms with Gasteiger partial charge in [-0.15, -0.1) is 0 Å². The molecule has 0 aliphatic carbocycles. The maximum absolute atomic E-state index is 4.83. The second-order valence-corrected chi connectivity index (χ2v) is 6.83. The molecule has 21 heavy (non-hydrogen) atoms. The minimum atomic E-state index is 0.136. The van der Waals surface area contributed by atoms with Crippen LogP contribution in [-0.4, -0.2) is 23.1 Å². The fraction of sp³-hybridized carbons (Fsp3) is 0.722. The van der Waals surface area contributed by atoms with Crippen molar-refractivity contribution in [2.45, 2.75) is 79.4 Å². The predicted octanol–water partition coefficient (Wildman–Crippen LogP) is 4.16. The zero-order valence-corrected chi connectivity index (χ0v) is 15.0. The number of nitrogens with one attached hydrogen (secondary N) is 1. The molecule has 1 heterocycles. The molecule has 0 saturated heterocycles. The zero-order chi connectivity index (χ0) is 16.0. The van der Waals surface area contributed by atoms with Crippen LogP contribution in [0, 0.1) is 0 Å². The number of nitrogens with zero attached hydrogens (tertiary/aromatic N) is 2. The summed E-state index contributed by atoms with van der Waals surface area (Å²) in [4.78, 5) is 7.24. The Morgan fingerprint density at radius 1 is 1.19 bits per heavy atom. The van der Waals surface area contributed by atoms with Gasteiger partial charge in [0, 0.05) is 30.4 Å². The molecule has 1 aromatic heterocycles. The van der Waals surface area contributed by atoms with E-state index in [0.29, 0.717) is 6.04 Å². The number of hydrogen-bond donors (Lipinski definition) is 1. The molecule has 0 aliphatic heterocycles. The first kappa shape index (κ1) is 18.0. The molecule has 1 atom stereocenters.